The average molecular weight is 453 g/mol. The Bertz CT molecular complexity index is 1020. The molecule has 0 bridgehead atoms. The third-order valence-corrected chi connectivity index (χ3v) is 6.65. The van der Waals surface area contributed by atoms with Gasteiger partial charge in [-0.1, -0.05) is 30.3 Å². The monoisotopic (exact) mass is 452 g/mol. The van der Waals surface area contributed by atoms with Gasteiger partial charge in [-0.25, -0.2) is 4.98 Å². The molecule has 1 saturated heterocycles. The molecule has 2 heterocycles. The lowest BCUT2D eigenvalue weighted by Crippen LogP contribution is -2.35. The SMILES string of the molecule is CSCC[C@H](NC(=O)c1ccccc1)c1nc2ccccc2n1C[C@H](O)CN1CCCC1. The van der Waals surface area contributed by atoms with E-state index in [1.807, 2.05) is 54.6 Å². The number of aromatic nitrogens is 2. The summed E-state index contributed by atoms with van der Waals surface area (Å²) in [4.78, 5) is 20.2. The molecular weight excluding hydrogens is 420 g/mol. The molecule has 1 aliphatic heterocycles. The number of imidazole rings is 1. The van der Waals surface area contributed by atoms with Crippen molar-refractivity contribution in [2.24, 2.45) is 0 Å². The number of carbonyl (C=O) groups is 1. The zero-order chi connectivity index (χ0) is 22.3. The minimum Gasteiger partial charge on any atom is -0.390 e. The zero-order valence-corrected chi connectivity index (χ0v) is 19.4. The minimum atomic E-state index is -0.490. The molecule has 0 saturated carbocycles. The molecule has 2 aromatic carbocycles. The normalized spacial score (nSPS) is 16.3. The summed E-state index contributed by atoms with van der Waals surface area (Å²) in [6, 6.07) is 17.1. The lowest BCUT2D eigenvalue weighted by Gasteiger charge is -2.23. The van der Waals surface area contributed by atoms with Crippen molar-refractivity contribution in [3.63, 3.8) is 0 Å². The maximum absolute atomic E-state index is 13.0. The van der Waals surface area contributed by atoms with Crippen LogP contribution in [0.4, 0.5) is 0 Å². The second-order valence-electron chi connectivity index (χ2n) is 8.40. The predicted molar refractivity (Wildman–Crippen MR) is 131 cm³/mol. The van der Waals surface area contributed by atoms with E-state index in [9.17, 15) is 9.90 Å². The first-order chi connectivity index (χ1) is 15.7. The topological polar surface area (TPSA) is 70.4 Å². The van der Waals surface area contributed by atoms with Crippen molar-refractivity contribution in [2.45, 2.75) is 38.0 Å². The zero-order valence-electron chi connectivity index (χ0n) is 18.6. The molecule has 0 spiro atoms. The number of fused-ring (bicyclic) bond motifs is 1. The van der Waals surface area contributed by atoms with Crippen LogP contribution in [0.5, 0.6) is 0 Å². The van der Waals surface area contributed by atoms with Gasteiger partial charge in [-0.05, 0) is 68.6 Å². The fraction of sp³-hybridized carbons (Fsp3) is 0.440. The first-order valence-electron chi connectivity index (χ1n) is 11.4. The number of carbonyl (C=O) groups excluding carboxylic acids is 1. The number of hydrogen-bond acceptors (Lipinski definition) is 5. The molecule has 1 aliphatic rings. The van der Waals surface area contributed by atoms with Crippen molar-refractivity contribution in [1.29, 1.82) is 0 Å². The molecule has 2 atom stereocenters. The fourth-order valence-electron chi connectivity index (χ4n) is 4.42. The van der Waals surface area contributed by atoms with Crippen LogP contribution in [0, 0.1) is 0 Å². The number of benzene rings is 2. The van der Waals surface area contributed by atoms with E-state index < -0.39 is 6.10 Å². The summed E-state index contributed by atoms with van der Waals surface area (Å²) in [7, 11) is 0. The Balaban J connectivity index is 1.62. The van der Waals surface area contributed by atoms with Crippen molar-refractivity contribution in [3.05, 3.63) is 66.0 Å². The van der Waals surface area contributed by atoms with Crippen LogP contribution in [-0.2, 0) is 6.54 Å². The molecule has 0 unspecified atom stereocenters. The molecule has 1 fully saturated rings. The molecule has 2 N–H and O–H groups in total. The molecular formula is C25H32N4O2S. The number of thioether (sulfide) groups is 1. The number of nitrogens with one attached hydrogen (secondary N) is 1. The summed E-state index contributed by atoms with van der Waals surface area (Å²) in [5.41, 5.74) is 2.52. The van der Waals surface area contributed by atoms with Gasteiger partial charge in [0.2, 0.25) is 0 Å². The molecule has 6 nitrogen and oxygen atoms in total. The highest BCUT2D eigenvalue weighted by molar-refractivity contribution is 7.98. The summed E-state index contributed by atoms with van der Waals surface area (Å²) < 4.78 is 2.10. The quantitative estimate of drug-likeness (QED) is 0.491. The third-order valence-electron chi connectivity index (χ3n) is 6.01. The number of amides is 1. The lowest BCUT2D eigenvalue weighted by atomic mass is 10.1. The van der Waals surface area contributed by atoms with Crippen LogP contribution in [0.3, 0.4) is 0 Å². The van der Waals surface area contributed by atoms with Crippen molar-refractivity contribution in [2.75, 3.05) is 31.6 Å². The molecule has 0 aliphatic carbocycles. The largest absolute Gasteiger partial charge is 0.390 e. The third kappa shape index (κ3) is 5.52. The van der Waals surface area contributed by atoms with Crippen molar-refractivity contribution in [3.8, 4) is 0 Å². The van der Waals surface area contributed by atoms with Crippen LogP contribution in [0.15, 0.2) is 54.6 Å². The molecule has 4 rings (SSSR count). The van der Waals surface area contributed by atoms with E-state index in [4.69, 9.17) is 4.98 Å². The molecule has 170 valence electrons. The summed E-state index contributed by atoms with van der Waals surface area (Å²) in [5.74, 6) is 1.61. The number of hydrogen-bond donors (Lipinski definition) is 2. The number of β-amino-alcohol motifs (C(OH)–C–C–N with tert-alkyl or cyclic N) is 1. The lowest BCUT2D eigenvalue weighted by molar-refractivity contribution is 0.0929. The van der Waals surface area contributed by atoms with Gasteiger partial charge in [-0.3, -0.25) is 4.79 Å². The Labute approximate surface area is 194 Å². The van der Waals surface area contributed by atoms with E-state index in [1.165, 1.54) is 12.8 Å². The molecule has 1 amide bonds. The van der Waals surface area contributed by atoms with Gasteiger partial charge in [0.25, 0.3) is 5.91 Å². The van der Waals surface area contributed by atoms with Gasteiger partial charge in [0.1, 0.15) is 5.82 Å². The number of nitrogens with zero attached hydrogens (tertiary/aromatic N) is 3. The highest BCUT2D eigenvalue weighted by Gasteiger charge is 2.24. The summed E-state index contributed by atoms with van der Waals surface area (Å²) >= 11 is 1.75. The standard InChI is InChI=1S/C25H32N4O2S/c1-32-16-13-22(27-25(31)19-9-3-2-4-10-19)24-26-21-11-5-6-12-23(21)29(24)18-20(30)17-28-14-7-8-15-28/h2-6,9-12,20,22,30H,7-8,13-18H2,1H3,(H,27,31)/t20-,22+/m1/s1. The van der Waals surface area contributed by atoms with Gasteiger partial charge in [0.05, 0.1) is 29.7 Å². The molecule has 1 aromatic heterocycles. The van der Waals surface area contributed by atoms with Crippen molar-refractivity contribution >= 4 is 28.7 Å². The van der Waals surface area contributed by atoms with Crippen LogP contribution in [0.2, 0.25) is 0 Å². The second-order valence-corrected chi connectivity index (χ2v) is 9.39. The van der Waals surface area contributed by atoms with Crippen LogP contribution >= 0.6 is 11.8 Å². The van der Waals surface area contributed by atoms with Gasteiger partial charge in [0.15, 0.2) is 0 Å². The first kappa shape index (κ1) is 22.8. The van der Waals surface area contributed by atoms with Gasteiger partial charge in [-0.2, -0.15) is 11.8 Å². The van der Waals surface area contributed by atoms with E-state index in [-0.39, 0.29) is 11.9 Å². The Morgan fingerprint density at radius 3 is 2.56 bits per heavy atom. The number of likely N-dealkylation sites (tertiary alicyclic amines) is 1. The smallest absolute Gasteiger partial charge is 0.251 e. The maximum Gasteiger partial charge on any atom is 0.251 e. The van der Waals surface area contributed by atoms with Gasteiger partial charge in [0, 0.05) is 12.1 Å². The molecule has 3 aromatic rings. The van der Waals surface area contributed by atoms with Crippen LogP contribution in [0.1, 0.15) is 41.5 Å². The highest BCUT2D eigenvalue weighted by atomic mass is 32.2. The van der Waals surface area contributed by atoms with E-state index in [2.05, 4.69) is 21.0 Å². The maximum atomic E-state index is 13.0. The van der Waals surface area contributed by atoms with E-state index >= 15 is 0 Å². The van der Waals surface area contributed by atoms with E-state index in [1.54, 1.807) is 11.8 Å². The fourth-order valence-corrected chi connectivity index (χ4v) is 4.89. The predicted octanol–water partition coefficient (Wildman–Crippen LogP) is 3.72. The van der Waals surface area contributed by atoms with E-state index in [0.29, 0.717) is 18.7 Å². The summed E-state index contributed by atoms with van der Waals surface area (Å²) in [6.45, 7) is 3.23. The number of rotatable bonds is 10. The van der Waals surface area contributed by atoms with Gasteiger partial charge in [-0.15, -0.1) is 0 Å². The number of aliphatic hydroxyl groups excluding tert-OH is 1. The molecule has 0 radical (unpaired) electrons. The number of aliphatic hydroxyl groups is 1. The summed E-state index contributed by atoms with van der Waals surface area (Å²) in [5, 5.41) is 14.1. The Kier molecular flexibility index (Phi) is 7.84. The Morgan fingerprint density at radius 1 is 1.09 bits per heavy atom. The Morgan fingerprint density at radius 2 is 1.81 bits per heavy atom. The highest BCUT2D eigenvalue weighted by Crippen LogP contribution is 2.25. The Hall–Kier alpha value is -2.35. The first-order valence-corrected chi connectivity index (χ1v) is 12.8. The summed E-state index contributed by atoms with van der Waals surface area (Å²) in [6.07, 6.45) is 4.75. The van der Waals surface area contributed by atoms with Crippen LogP contribution < -0.4 is 5.32 Å². The van der Waals surface area contributed by atoms with Crippen LogP contribution in [-0.4, -0.2) is 63.2 Å². The van der Waals surface area contributed by atoms with Crippen molar-refractivity contribution < 1.29 is 9.90 Å². The van der Waals surface area contributed by atoms with Gasteiger partial charge >= 0.3 is 0 Å². The molecule has 32 heavy (non-hydrogen) atoms. The minimum absolute atomic E-state index is 0.104. The van der Waals surface area contributed by atoms with Crippen molar-refractivity contribution in [1.82, 2.24) is 19.8 Å². The van der Waals surface area contributed by atoms with Gasteiger partial charge < -0.3 is 19.9 Å². The average Bonchev–Trinajstić information content (AvgIpc) is 3.45. The second kappa shape index (κ2) is 11.0. The molecule has 7 heteroatoms. The number of para-hydroxylation sites is 2. The van der Waals surface area contributed by atoms with Crippen LogP contribution in [0.25, 0.3) is 11.0 Å². The van der Waals surface area contributed by atoms with E-state index in [0.717, 1.165) is 42.1 Å².